The Labute approximate surface area is 381 Å². The summed E-state index contributed by atoms with van der Waals surface area (Å²) in [6.45, 7) is 10.8. The van der Waals surface area contributed by atoms with Crippen LogP contribution in [0.5, 0.6) is 0 Å². The molecule has 2 aromatic carbocycles. The zero-order valence-electron chi connectivity index (χ0n) is 38.7. The molecule has 0 saturated carbocycles. The Kier molecular flexibility index (Phi) is 20.4. The van der Waals surface area contributed by atoms with Crippen molar-refractivity contribution < 1.29 is 57.4 Å². The van der Waals surface area contributed by atoms with Gasteiger partial charge in [0.15, 0.2) is 0 Å². The zero-order valence-corrected chi connectivity index (χ0v) is 38.7. The van der Waals surface area contributed by atoms with Gasteiger partial charge in [0, 0.05) is 57.9 Å². The number of nitrogens with one attached hydrogen (secondary N) is 4. The van der Waals surface area contributed by atoms with Crippen LogP contribution < -0.4 is 21.3 Å². The van der Waals surface area contributed by atoms with E-state index in [-0.39, 0.29) is 76.4 Å². The molecule has 1 aliphatic carbocycles. The predicted molar refractivity (Wildman–Crippen MR) is 241 cm³/mol. The summed E-state index contributed by atoms with van der Waals surface area (Å²) >= 11 is 0. The summed E-state index contributed by atoms with van der Waals surface area (Å²) in [4.78, 5) is 118. The van der Waals surface area contributed by atoms with E-state index in [1.54, 1.807) is 48.5 Å². The van der Waals surface area contributed by atoms with Crippen molar-refractivity contribution in [3.05, 3.63) is 59.7 Å². The van der Waals surface area contributed by atoms with Crippen LogP contribution in [0.2, 0.25) is 6.32 Å². The number of alkyl carbamates (subject to hydrolysis) is 2. The molecule has 0 fully saturated rings. The van der Waals surface area contributed by atoms with Crippen LogP contribution in [0.1, 0.15) is 78.9 Å². The lowest BCUT2D eigenvalue weighted by Gasteiger charge is -2.25. The monoisotopic (exact) mass is 904 g/mol. The van der Waals surface area contributed by atoms with E-state index in [1.807, 2.05) is 48.5 Å². The lowest BCUT2D eigenvalue weighted by atomic mass is 9.74. The van der Waals surface area contributed by atoms with Crippen LogP contribution in [0.25, 0.3) is 11.1 Å². The van der Waals surface area contributed by atoms with Gasteiger partial charge in [-0.2, -0.15) is 0 Å². The molecule has 0 aliphatic heterocycles. The predicted octanol–water partition coefficient (Wildman–Crippen LogP) is 2.82. The molecule has 0 heterocycles. The summed E-state index contributed by atoms with van der Waals surface area (Å²) in [7, 11) is 1.04. The quantitative estimate of drug-likeness (QED) is 0.0931. The second-order valence-corrected chi connectivity index (χ2v) is 17.3. The molecule has 1 radical (unpaired) electrons. The minimum Gasteiger partial charge on any atom is -0.468 e. The molecule has 0 atom stereocenters. The molecule has 0 aromatic heterocycles. The van der Waals surface area contributed by atoms with Crippen LogP contribution in [0.3, 0.4) is 0 Å². The highest BCUT2D eigenvalue weighted by Gasteiger charge is 2.30. The highest BCUT2D eigenvalue weighted by molar-refractivity contribution is 6.74. The number of ether oxygens (including phenoxy) is 3. The summed E-state index contributed by atoms with van der Waals surface area (Å²) in [6, 6.07) is 15.8. The second kappa shape index (κ2) is 25.1. The molecule has 353 valence electrons. The number of carbonyl (C=O) groups excluding carboxylic acids is 9. The first-order valence-electron chi connectivity index (χ1n) is 21.5. The van der Waals surface area contributed by atoms with E-state index in [9.17, 15) is 43.2 Å². The number of fused-ring (bicyclic) bond motifs is 3. The van der Waals surface area contributed by atoms with Crippen molar-refractivity contribution in [3.63, 3.8) is 0 Å². The number of Topliss-reactive ketones (excluding diaryl/α,β-unsaturated/α-hetero) is 1. The Bertz CT molecular complexity index is 1990. The van der Waals surface area contributed by atoms with Crippen molar-refractivity contribution in [2.24, 2.45) is 0 Å². The zero-order chi connectivity index (χ0) is 48.3. The van der Waals surface area contributed by atoms with Crippen molar-refractivity contribution in [3.8, 4) is 11.1 Å². The lowest BCUT2D eigenvalue weighted by molar-refractivity contribution is -0.136. The number of benzene rings is 2. The van der Waals surface area contributed by atoms with Crippen LogP contribution in [0.15, 0.2) is 48.5 Å². The van der Waals surface area contributed by atoms with E-state index in [4.69, 9.17) is 14.2 Å². The average molecular weight is 905 g/mol. The van der Waals surface area contributed by atoms with Gasteiger partial charge in [-0.05, 0) is 70.7 Å². The van der Waals surface area contributed by atoms with Crippen LogP contribution in [-0.4, -0.2) is 159 Å². The number of hydrogen-bond donors (Lipinski definition) is 4. The Morgan fingerprint density at radius 2 is 1.08 bits per heavy atom. The van der Waals surface area contributed by atoms with Gasteiger partial charge in [-0.1, -0.05) is 55.5 Å². The number of ketones is 1. The molecule has 4 N–H and O–H groups in total. The summed E-state index contributed by atoms with van der Waals surface area (Å²) in [5.74, 6) is -4.00. The Morgan fingerprint density at radius 1 is 0.600 bits per heavy atom. The standard InChI is InChI=1S/C45H63BN7O12/c1-9-38(57)51(26-30(2)54)21-18-47-36(55)27-52(39(58)24-46-41(60)64-44(3,4)5)22-19-48-37(56)28-53(40(59)25-50-43(62)65-45(6,7)8)23-20-49-42(61)63-29-35-33-16-12-10-14-31(33)32-15-11-13-17-34(32)35/h10-17,35H,9,18-29H2,1-8H3,(H,47,55)(H,48,56)(H,49,61)(H,50,62). The first kappa shape index (κ1) is 52.9. The Morgan fingerprint density at radius 3 is 1.57 bits per heavy atom. The maximum atomic E-state index is 13.4. The van der Waals surface area contributed by atoms with Crippen LogP contribution >= 0.6 is 0 Å². The van der Waals surface area contributed by atoms with Gasteiger partial charge in [0.05, 0.1) is 19.6 Å². The SMILES string of the molecule is CCC(=O)N(CCNC(=O)CN(CCNC(=O)CN(CCNC(=O)OCC1c2ccccc2-c2ccccc21)C(=O)CNC(=O)OC(C)(C)C)C(=O)C[B]C(=O)OC(C)(C)C)CC(C)=O. The average Bonchev–Trinajstić information content (AvgIpc) is 3.54. The summed E-state index contributed by atoms with van der Waals surface area (Å²) in [6.07, 6.45) is -1.85. The molecule has 0 unspecified atom stereocenters. The van der Waals surface area contributed by atoms with E-state index < -0.39 is 78.8 Å². The van der Waals surface area contributed by atoms with Gasteiger partial charge in [-0.15, -0.1) is 0 Å². The topological polar surface area (TPSA) is 239 Å². The van der Waals surface area contributed by atoms with Gasteiger partial charge in [0.2, 0.25) is 35.4 Å². The molecule has 19 nitrogen and oxygen atoms in total. The molecule has 65 heavy (non-hydrogen) atoms. The largest absolute Gasteiger partial charge is 0.468 e. The highest BCUT2D eigenvalue weighted by Crippen LogP contribution is 2.44. The normalized spacial score (nSPS) is 11.8. The maximum Gasteiger partial charge on any atom is 0.408 e. The van der Waals surface area contributed by atoms with Gasteiger partial charge in [0.1, 0.15) is 30.1 Å². The van der Waals surface area contributed by atoms with E-state index in [1.165, 1.54) is 11.8 Å². The van der Waals surface area contributed by atoms with E-state index in [0.29, 0.717) is 0 Å². The molecule has 0 spiro atoms. The van der Waals surface area contributed by atoms with Crippen molar-refractivity contribution in [2.75, 3.05) is 72.1 Å². The summed E-state index contributed by atoms with van der Waals surface area (Å²) in [5.41, 5.74) is 2.55. The molecule has 0 bridgehead atoms. The third-order valence-electron chi connectivity index (χ3n) is 9.48. The van der Waals surface area contributed by atoms with E-state index >= 15 is 0 Å². The molecule has 1 aliphatic rings. The number of rotatable bonds is 23. The van der Waals surface area contributed by atoms with Gasteiger partial charge >= 0.3 is 12.2 Å². The maximum absolute atomic E-state index is 13.4. The molecule has 20 heteroatoms. The first-order valence-corrected chi connectivity index (χ1v) is 21.5. The fraction of sp³-hybridized carbons (Fsp3) is 0.533. The minimum absolute atomic E-state index is 0.0105. The van der Waals surface area contributed by atoms with Gasteiger partial charge in [-0.25, -0.2) is 9.59 Å². The molecule has 2 aromatic rings. The summed E-state index contributed by atoms with van der Waals surface area (Å²) in [5, 5.41) is 10.2. The van der Waals surface area contributed by atoms with Gasteiger partial charge < -0.3 is 50.2 Å². The van der Waals surface area contributed by atoms with Crippen LogP contribution in [-0.2, 0) is 43.0 Å². The second-order valence-electron chi connectivity index (χ2n) is 17.3. The first-order chi connectivity index (χ1) is 30.6. The molecule has 3 rings (SSSR count). The number of nitrogens with zero attached hydrogens (tertiary/aromatic N) is 3. The molecule has 0 saturated heterocycles. The fourth-order valence-electron chi connectivity index (χ4n) is 6.65. The number of hydrogen-bond acceptors (Lipinski definition) is 12. The highest BCUT2D eigenvalue weighted by atomic mass is 16.6. The van der Waals surface area contributed by atoms with E-state index in [0.717, 1.165) is 39.3 Å². The lowest BCUT2D eigenvalue weighted by Crippen LogP contribution is -2.49. The van der Waals surface area contributed by atoms with E-state index in [2.05, 4.69) is 21.3 Å². The molecular weight excluding hydrogens is 841 g/mol. The van der Waals surface area contributed by atoms with Crippen LogP contribution in [0, 0.1) is 0 Å². The van der Waals surface area contributed by atoms with Crippen molar-refractivity contribution >= 4 is 60.7 Å². The Hall–Kier alpha value is -6.47. The minimum atomic E-state index is -0.854. The fourth-order valence-corrected chi connectivity index (χ4v) is 6.65. The van der Waals surface area contributed by atoms with Crippen LogP contribution in [0.4, 0.5) is 14.4 Å². The third-order valence-corrected chi connectivity index (χ3v) is 9.48. The number of amides is 7. The molecular formula is C45H63BN7O12. The summed E-state index contributed by atoms with van der Waals surface area (Å²) < 4.78 is 16.1. The van der Waals surface area contributed by atoms with Crippen molar-refractivity contribution in [1.82, 2.24) is 36.0 Å². The number of carbonyl (C=O) groups is 9. The molecule has 7 amide bonds. The van der Waals surface area contributed by atoms with Crippen molar-refractivity contribution in [1.29, 1.82) is 0 Å². The van der Waals surface area contributed by atoms with Crippen molar-refractivity contribution in [2.45, 2.75) is 85.3 Å². The Balaban J connectivity index is 1.63. The van der Waals surface area contributed by atoms with Gasteiger partial charge in [0.25, 0.3) is 7.28 Å². The van der Waals surface area contributed by atoms with Gasteiger partial charge in [-0.3, -0.25) is 33.6 Å². The smallest absolute Gasteiger partial charge is 0.408 e. The third kappa shape index (κ3) is 19.0.